The van der Waals surface area contributed by atoms with Crippen molar-refractivity contribution in [1.29, 1.82) is 0 Å². The Balaban J connectivity index is 1.55. The van der Waals surface area contributed by atoms with Crippen LogP contribution in [-0.2, 0) is 15.5 Å². The van der Waals surface area contributed by atoms with E-state index in [9.17, 15) is 14.3 Å². The van der Waals surface area contributed by atoms with Gasteiger partial charge in [0, 0.05) is 18.5 Å². The molecule has 1 fully saturated rings. The summed E-state index contributed by atoms with van der Waals surface area (Å²) in [6, 6.07) is 15.5. The van der Waals surface area contributed by atoms with Crippen molar-refractivity contribution in [1.82, 2.24) is 9.65 Å². The maximum Gasteiger partial charge on any atom is 0.300 e. The maximum atomic E-state index is 12.5. The largest absolute Gasteiger partial charge is 0.329 e. The molecular weight excluding hydrogens is 355 g/mol. The summed E-state index contributed by atoms with van der Waals surface area (Å²) in [5, 5.41) is 0.926. The van der Waals surface area contributed by atoms with Gasteiger partial charge in [-0.1, -0.05) is 36.4 Å². The number of aromatic nitrogens is 1. The summed E-state index contributed by atoms with van der Waals surface area (Å²) >= 11 is 1.62. The first-order valence-corrected chi connectivity index (χ1v) is 10.7. The molecule has 1 saturated heterocycles. The van der Waals surface area contributed by atoms with E-state index >= 15 is 0 Å². The number of hydrogen-bond acceptors (Lipinski definition) is 4. The zero-order valence-corrected chi connectivity index (χ0v) is 15.2. The minimum absolute atomic E-state index is 0.0150. The van der Waals surface area contributed by atoms with Gasteiger partial charge < -0.3 is 4.89 Å². The van der Waals surface area contributed by atoms with Crippen LogP contribution in [0, 0.1) is 0 Å². The van der Waals surface area contributed by atoms with Crippen LogP contribution in [0.4, 0.5) is 0 Å². The molecule has 2 aromatic carbocycles. The Bertz CT molecular complexity index is 950. The topological polar surface area (TPSA) is 70.5 Å². The summed E-state index contributed by atoms with van der Waals surface area (Å²) in [7, 11) is -3.66. The second-order valence-corrected chi connectivity index (χ2v) is 9.29. The van der Waals surface area contributed by atoms with Gasteiger partial charge in [-0.15, -0.1) is 11.3 Å². The first-order chi connectivity index (χ1) is 12.0. The molecule has 1 amide bonds. The van der Waals surface area contributed by atoms with Crippen molar-refractivity contribution in [3.8, 4) is 10.6 Å². The summed E-state index contributed by atoms with van der Waals surface area (Å²) in [4.78, 5) is 26.6. The lowest BCUT2D eigenvalue weighted by Gasteiger charge is -2.22. The second kappa shape index (κ2) is 6.37. The number of rotatable bonds is 4. The Hall–Kier alpha value is -2.01. The highest BCUT2D eigenvalue weighted by Gasteiger charge is 2.35. The Kier molecular flexibility index (Phi) is 4.20. The molecule has 25 heavy (non-hydrogen) atoms. The minimum atomic E-state index is -3.66. The minimum Gasteiger partial charge on any atom is -0.329 e. The molecule has 0 radical (unpaired) electrons. The number of benzene rings is 2. The van der Waals surface area contributed by atoms with E-state index in [-0.39, 0.29) is 12.1 Å². The van der Waals surface area contributed by atoms with Crippen molar-refractivity contribution in [3.63, 3.8) is 0 Å². The number of fused-ring (bicyclic) bond motifs is 1. The molecule has 5 nitrogen and oxygen atoms in total. The molecule has 1 atom stereocenters. The third-order valence-corrected chi connectivity index (χ3v) is 7.35. The van der Waals surface area contributed by atoms with E-state index in [4.69, 9.17) is 0 Å². The average molecular weight is 372 g/mol. The molecule has 0 spiro atoms. The van der Waals surface area contributed by atoms with E-state index in [2.05, 4.69) is 4.98 Å². The average Bonchev–Trinajstić information content (AvgIpc) is 3.21. The highest BCUT2D eigenvalue weighted by Crippen LogP contribution is 2.50. The van der Waals surface area contributed by atoms with Crippen LogP contribution < -0.4 is 0 Å². The fourth-order valence-electron chi connectivity index (χ4n) is 3.04. The fourth-order valence-corrected chi connectivity index (χ4v) is 5.77. The molecule has 0 saturated carbocycles. The van der Waals surface area contributed by atoms with Crippen LogP contribution in [0.15, 0.2) is 48.5 Å². The van der Waals surface area contributed by atoms with Crippen LogP contribution >= 0.6 is 18.9 Å². The van der Waals surface area contributed by atoms with Gasteiger partial charge in [-0.25, -0.2) is 4.98 Å². The van der Waals surface area contributed by atoms with E-state index in [1.807, 2.05) is 48.5 Å². The van der Waals surface area contributed by atoms with Gasteiger partial charge in [0.15, 0.2) is 0 Å². The number of hydrogen-bond donors (Lipinski definition) is 1. The summed E-state index contributed by atoms with van der Waals surface area (Å²) in [5.74, 6) is -0.225. The van der Waals surface area contributed by atoms with Crippen molar-refractivity contribution in [3.05, 3.63) is 54.1 Å². The Morgan fingerprint density at radius 1 is 1.16 bits per heavy atom. The first kappa shape index (κ1) is 16.5. The van der Waals surface area contributed by atoms with E-state index in [0.717, 1.165) is 31.0 Å². The standard InChI is InChI=1S/C18H17N2O3PS/c21-17-6-3-11-20(17)24(22,23)12-13-7-9-14(10-8-13)18-19-15-4-1-2-5-16(15)25-18/h1-2,4-5,7-10H,3,6,11-12H2,(H,22,23). The highest BCUT2D eigenvalue weighted by atomic mass is 32.1. The van der Waals surface area contributed by atoms with E-state index < -0.39 is 7.52 Å². The Labute approximate surface area is 149 Å². The second-order valence-electron chi connectivity index (χ2n) is 6.13. The van der Waals surface area contributed by atoms with Gasteiger partial charge in [0.2, 0.25) is 5.91 Å². The quantitative estimate of drug-likeness (QED) is 0.694. The zero-order chi connectivity index (χ0) is 17.4. The third kappa shape index (κ3) is 3.25. The van der Waals surface area contributed by atoms with Crippen molar-refractivity contribution >= 4 is 35.0 Å². The summed E-state index contributed by atoms with van der Waals surface area (Å²) in [5.41, 5.74) is 2.70. The van der Waals surface area contributed by atoms with Crippen LogP contribution in [-0.4, -0.2) is 27.0 Å². The molecule has 1 unspecified atom stereocenters. The van der Waals surface area contributed by atoms with Gasteiger partial charge in [-0.3, -0.25) is 14.0 Å². The molecule has 128 valence electrons. The van der Waals surface area contributed by atoms with Gasteiger partial charge >= 0.3 is 0 Å². The number of carbonyl (C=O) groups excluding carboxylic acids is 1. The zero-order valence-electron chi connectivity index (χ0n) is 13.5. The van der Waals surface area contributed by atoms with Crippen LogP contribution in [0.1, 0.15) is 18.4 Å². The lowest BCUT2D eigenvalue weighted by molar-refractivity contribution is -0.124. The lowest BCUT2D eigenvalue weighted by Crippen LogP contribution is -2.22. The molecule has 1 aromatic heterocycles. The van der Waals surface area contributed by atoms with Crippen LogP contribution in [0.5, 0.6) is 0 Å². The Morgan fingerprint density at radius 3 is 2.60 bits per heavy atom. The van der Waals surface area contributed by atoms with Gasteiger partial charge in [-0.2, -0.15) is 0 Å². The molecule has 0 aliphatic carbocycles. The molecule has 4 rings (SSSR count). The van der Waals surface area contributed by atoms with Crippen molar-refractivity contribution in [2.24, 2.45) is 0 Å². The van der Waals surface area contributed by atoms with E-state index in [1.54, 1.807) is 11.3 Å². The molecule has 0 bridgehead atoms. The van der Waals surface area contributed by atoms with Crippen molar-refractivity contribution < 1.29 is 14.3 Å². The molecule has 2 heterocycles. The monoisotopic (exact) mass is 372 g/mol. The van der Waals surface area contributed by atoms with Crippen molar-refractivity contribution in [2.75, 3.05) is 6.54 Å². The smallest absolute Gasteiger partial charge is 0.300 e. The molecule has 1 aliphatic rings. The maximum absolute atomic E-state index is 12.5. The van der Waals surface area contributed by atoms with Crippen LogP contribution in [0.25, 0.3) is 20.8 Å². The number of thiazole rings is 1. The molecule has 7 heteroatoms. The highest BCUT2D eigenvalue weighted by molar-refractivity contribution is 7.55. The molecule has 1 aliphatic heterocycles. The SMILES string of the molecule is O=C1CCCN1P(=O)(O)Cc1ccc(-c2nc3ccccc3s2)cc1. The summed E-state index contributed by atoms with van der Waals surface area (Å²) < 4.78 is 14.8. The van der Waals surface area contributed by atoms with Crippen molar-refractivity contribution in [2.45, 2.75) is 19.0 Å². The molecule has 3 aromatic rings. The molecular formula is C18H17N2O3PS. The number of carbonyl (C=O) groups is 1. The van der Waals surface area contributed by atoms with Gasteiger partial charge in [0.25, 0.3) is 7.52 Å². The van der Waals surface area contributed by atoms with Crippen LogP contribution in [0.2, 0.25) is 0 Å². The Morgan fingerprint density at radius 2 is 1.92 bits per heavy atom. The fraction of sp³-hybridized carbons (Fsp3) is 0.222. The predicted molar refractivity (Wildman–Crippen MR) is 99.5 cm³/mol. The van der Waals surface area contributed by atoms with Gasteiger partial charge in [0.1, 0.15) is 5.01 Å². The van der Waals surface area contributed by atoms with E-state index in [0.29, 0.717) is 19.4 Å². The first-order valence-electron chi connectivity index (χ1n) is 8.10. The predicted octanol–water partition coefficient (Wildman–Crippen LogP) is 4.27. The molecule has 1 N–H and O–H groups in total. The van der Waals surface area contributed by atoms with E-state index in [1.165, 1.54) is 0 Å². The number of amides is 1. The summed E-state index contributed by atoms with van der Waals surface area (Å²) in [6.45, 7) is 0.371. The number of para-hydroxylation sites is 1. The lowest BCUT2D eigenvalue weighted by atomic mass is 10.2. The van der Waals surface area contributed by atoms with Gasteiger partial charge in [-0.05, 0) is 24.1 Å². The number of nitrogens with zero attached hydrogens (tertiary/aromatic N) is 2. The van der Waals surface area contributed by atoms with Crippen LogP contribution in [0.3, 0.4) is 0 Å². The summed E-state index contributed by atoms with van der Waals surface area (Å²) in [6.07, 6.45) is 1.000. The van der Waals surface area contributed by atoms with Gasteiger partial charge in [0.05, 0.1) is 16.4 Å². The third-order valence-electron chi connectivity index (χ3n) is 4.31. The normalized spacial score (nSPS) is 17.2.